The number of nitrogens with one attached hydrogen (secondary N) is 6. The number of rotatable bonds is 18. The molecule has 270 valence electrons. The summed E-state index contributed by atoms with van der Waals surface area (Å²) in [6.07, 6.45) is 2.31. The molecular formula is C34H39N7O8S2. The first-order valence-corrected chi connectivity index (χ1v) is 17.5. The second-order valence-corrected chi connectivity index (χ2v) is 13.6. The minimum Gasteiger partial charge on any atom is -0.480 e. The van der Waals surface area contributed by atoms with Gasteiger partial charge in [0.2, 0.25) is 23.6 Å². The first kappa shape index (κ1) is 38.6. The molecule has 1 aromatic carbocycles. The van der Waals surface area contributed by atoms with E-state index in [4.69, 9.17) is 10.8 Å². The number of carboxylic acids is 1. The number of nitrogens with two attached hydrogens (primary N) is 1. The molecule has 3 atom stereocenters. The summed E-state index contributed by atoms with van der Waals surface area (Å²) in [5.74, 6) is -3.58. The molecule has 0 radical (unpaired) electrons. The molecule has 4 rings (SSSR count). The molecule has 1 aliphatic rings. The number of thiophene rings is 2. The van der Waals surface area contributed by atoms with Crippen LogP contribution in [0.5, 0.6) is 0 Å². The van der Waals surface area contributed by atoms with E-state index in [1.165, 1.54) is 22.7 Å². The molecule has 17 heteroatoms. The molecule has 2 heterocycles. The standard InChI is InChI=1S/C34H39N7O8S2/c1-19(35)40-29(43)17-37-32(47)22-8-7-21(14-22)24-9-10-25(50-24)26-11-12-27(51-26)34(49)38-15-28(42)36-16-30(44)41-23(33(48)39-18-31(45)46)13-20-5-3-2-4-6-20/h2-12,19,23,33,39,48H,13-18,35H2,1H3,(H,36,42)(H,37,47)(H,38,49)(H,40,43)(H,41,44)(H,45,46). The smallest absolute Gasteiger partial charge is 0.317 e. The summed E-state index contributed by atoms with van der Waals surface area (Å²) >= 11 is 2.75. The number of allylic oxidation sites excluding steroid dienone is 3. The lowest BCUT2D eigenvalue weighted by atomic mass is 10.0. The molecule has 0 saturated heterocycles. The van der Waals surface area contributed by atoms with E-state index in [0.717, 1.165) is 25.8 Å². The van der Waals surface area contributed by atoms with Gasteiger partial charge in [0.25, 0.3) is 5.91 Å². The van der Waals surface area contributed by atoms with E-state index in [9.17, 15) is 33.9 Å². The second kappa shape index (κ2) is 18.7. The van der Waals surface area contributed by atoms with Crippen LogP contribution in [0.3, 0.4) is 0 Å². The number of amides is 5. The van der Waals surface area contributed by atoms with Crippen LogP contribution in [0.1, 0.15) is 33.5 Å². The van der Waals surface area contributed by atoms with E-state index in [1.54, 1.807) is 49.4 Å². The predicted octanol–water partition coefficient (Wildman–Crippen LogP) is 0.293. The van der Waals surface area contributed by atoms with E-state index in [-0.39, 0.29) is 31.3 Å². The van der Waals surface area contributed by atoms with Crippen LogP contribution in [0, 0.1) is 0 Å². The van der Waals surface area contributed by atoms with Gasteiger partial charge in [-0.25, -0.2) is 0 Å². The quantitative estimate of drug-likeness (QED) is 0.0809. The molecule has 0 aliphatic heterocycles. The van der Waals surface area contributed by atoms with Gasteiger partial charge < -0.3 is 42.5 Å². The van der Waals surface area contributed by atoms with Gasteiger partial charge in [-0.1, -0.05) is 42.5 Å². The lowest BCUT2D eigenvalue weighted by Crippen LogP contribution is -2.54. The Morgan fingerprint density at radius 3 is 2.10 bits per heavy atom. The van der Waals surface area contributed by atoms with Crippen LogP contribution in [0.25, 0.3) is 15.3 Å². The fraction of sp³-hybridized carbons (Fsp3) is 0.294. The SMILES string of the molecule is CC(N)NC(=O)CNC(=O)C1=CC=C(c2ccc(-c3ccc(C(=O)NCC(=O)NCC(=O)NC(Cc4ccccc4)C(O)NCC(=O)O)s3)s2)C1. The first-order chi connectivity index (χ1) is 24.4. The van der Waals surface area contributed by atoms with Crippen molar-refractivity contribution in [1.82, 2.24) is 31.9 Å². The molecule has 0 fully saturated rings. The molecule has 10 N–H and O–H groups in total. The van der Waals surface area contributed by atoms with Gasteiger partial charge in [-0.15, -0.1) is 22.7 Å². The maximum atomic E-state index is 12.8. The van der Waals surface area contributed by atoms with E-state index in [2.05, 4.69) is 31.9 Å². The number of carboxylic acid groups (broad SMARTS) is 1. The molecule has 2 aromatic heterocycles. The van der Waals surface area contributed by atoms with Crippen molar-refractivity contribution in [3.8, 4) is 9.75 Å². The molecule has 3 aromatic rings. The summed E-state index contributed by atoms with van der Waals surface area (Å²) in [4.78, 5) is 76.0. The largest absolute Gasteiger partial charge is 0.480 e. The average Bonchev–Trinajstić information content (AvgIpc) is 3.89. The summed E-state index contributed by atoms with van der Waals surface area (Å²) in [5, 5.41) is 34.5. The summed E-state index contributed by atoms with van der Waals surface area (Å²) in [7, 11) is 0. The Morgan fingerprint density at radius 1 is 0.745 bits per heavy atom. The minimum atomic E-state index is -1.37. The Bertz CT molecular complexity index is 1800. The number of carbonyl (C=O) groups is 6. The van der Waals surface area contributed by atoms with Crippen molar-refractivity contribution >= 4 is 63.8 Å². The third-order valence-corrected chi connectivity index (χ3v) is 9.74. The van der Waals surface area contributed by atoms with Gasteiger partial charge in [0.1, 0.15) is 6.23 Å². The average molecular weight is 738 g/mol. The summed E-state index contributed by atoms with van der Waals surface area (Å²) in [6, 6.07) is 15.4. The highest BCUT2D eigenvalue weighted by molar-refractivity contribution is 7.23. The molecule has 0 bridgehead atoms. The van der Waals surface area contributed by atoms with Crippen molar-refractivity contribution in [3.05, 3.63) is 87.6 Å². The molecule has 0 spiro atoms. The van der Waals surface area contributed by atoms with Crippen LogP contribution in [0.2, 0.25) is 0 Å². The Balaban J connectivity index is 1.21. The number of benzene rings is 1. The Kier molecular flexibility index (Phi) is 14.2. The molecule has 1 aliphatic carbocycles. The molecule has 15 nitrogen and oxygen atoms in total. The van der Waals surface area contributed by atoms with Gasteiger partial charge in [-0.2, -0.15) is 0 Å². The summed E-state index contributed by atoms with van der Waals surface area (Å²) < 4.78 is 0. The van der Waals surface area contributed by atoms with Crippen molar-refractivity contribution in [2.24, 2.45) is 5.73 Å². The van der Waals surface area contributed by atoms with Gasteiger partial charge >= 0.3 is 5.97 Å². The van der Waals surface area contributed by atoms with Gasteiger partial charge in [0, 0.05) is 26.6 Å². The van der Waals surface area contributed by atoms with Crippen molar-refractivity contribution in [1.29, 1.82) is 0 Å². The first-order valence-electron chi connectivity index (χ1n) is 15.8. The van der Waals surface area contributed by atoms with E-state index in [0.29, 0.717) is 16.9 Å². The maximum Gasteiger partial charge on any atom is 0.317 e. The van der Waals surface area contributed by atoms with Crippen LogP contribution in [-0.2, 0) is 30.4 Å². The van der Waals surface area contributed by atoms with Crippen LogP contribution >= 0.6 is 22.7 Å². The number of aliphatic hydroxyl groups is 1. The van der Waals surface area contributed by atoms with E-state index in [1.807, 2.05) is 24.3 Å². The lowest BCUT2D eigenvalue weighted by molar-refractivity contribution is -0.136. The molecular weight excluding hydrogens is 699 g/mol. The van der Waals surface area contributed by atoms with Gasteiger partial charge in [-0.3, -0.25) is 34.1 Å². The van der Waals surface area contributed by atoms with E-state index < -0.39 is 55.2 Å². The van der Waals surface area contributed by atoms with Crippen LogP contribution in [0.4, 0.5) is 0 Å². The Hall–Kier alpha value is -5.20. The Labute approximate surface area is 301 Å². The second-order valence-electron chi connectivity index (χ2n) is 11.5. The van der Waals surface area contributed by atoms with Gasteiger partial charge in [0.15, 0.2) is 0 Å². The van der Waals surface area contributed by atoms with Gasteiger partial charge in [0.05, 0.1) is 43.3 Å². The third-order valence-electron chi connectivity index (χ3n) is 7.30. The highest BCUT2D eigenvalue weighted by Crippen LogP contribution is 2.39. The monoisotopic (exact) mass is 737 g/mol. The third kappa shape index (κ3) is 12.3. The lowest BCUT2D eigenvalue weighted by Gasteiger charge is -2.25. The van der Waals surface area contributed by atoms with Crippen LogP contribution in [-0.4, -0.2) is 90.3 Å². The molecule has 0 saturated carbocycles. The number of hydrogen-bond donors (Lipinski definition) is 9. The molecule has 5 amide bonds. The zero-order chi connectivity index (χ0) is 36.9. The number of carbonyl (C=O) groups excluding carboxylic acids is 5. The van der Waals surface area contributed by atoms with E-state index >= 15 is 0 Å². The van der Waals surface area contributed by atoms with Crippen LogP contribution in [0.15, 0.2) is 72.3 Å². The fourth-order valence-corrected chi connectivity index (χ4v) is 6.90. The minimum absolute atomic E-state index is 0.176. The van der Waals surface area contributed by atoms with Crippen molar-refractivity contribution < 1.29 is 39.0 Å². The van der Waals surface area contributed by atoms with Gasteiger partial charge in [-0.05, 0) is 48.7 Å². The topological polar surface area (TPSA) is 241 Å². The number of aliphatic hydroxyl groups excluding tert-OH is 1. The van der Waals surface area contributed by atoms with Crippen LogP contribution < -0.4 is 37.6 Å². The number of aliphatic carboxylic acids is 1. The maximum absolute atomic E-state index is 12.8. The number of hydrogen-bond acceptors (Lipinski definition) is 11. The van der Waals surface area contributed by atoms with Crippen molar-refractivity contribution in [2.75, 3.05) is 26.2 Å². The molecule has 3 unspecified atom stereocenters. The highest BCUT2D eigenvalue weighted by atomic mass is 32.1. The zero-order valence-corrected chi connectivity index (χ0v) is 29.2. The fourth-order valence-electron chi connectivity index (χ4n) is 4.85. The highest BCUT2D eigenvalue weighted by Gasteiger charge is 2.23. The van der Waals surface area contributed by atoms with Crippen molar-refractivity contribution in [2.45, 2.75) is 38.2 Å². The van der Waals surface area contributed by atoms with Crippen molar-refractivity contribution in [3.63, 3.8) is 0 Å². The normalized spacial score (nSPS) is 13.9. The summed E-state index contributed by atoms with van der Waals surface area (Å²) in [6.45, 7) is 0.117. The Morgan fingerprint density at radius 2 is 1.37 bits per heavy atom. The zero-order valence-electron chi connectivity index (χ0n) is 27.6. The predicted molar refractivity (Wildman–Crippen MR) is 192 cm³/mol. The molecule has 51 heavy (non-hydrogen) atoms. The summed E-state index contributed by atoms with van der Waals surface area (Å²) in [5.41, 5.74) is 7.80.